The molecule has 0 spiro atoms. The van der Waals surface area contributed by atoms with E-state index >= 15 is 0 Å². The van der Waals surface area contributed by atoms with Gasteiger partial charge in [-0.1, -0.05) is 23.2 Å². The lowest BCUT2D eigenvalue weighted by atomic mass is 10.1. The molecule has 0 saturated heterocycles. The zero-order valence-electron chi connectivity index (χ0n) is 44.6. The number of aryl methyl sites for hydroxylation is 2. The number of hydroxylamine groups is 2. The van der Waals surface area contributed by atoms with Crippen molar-refractivity contribution >= 4 is 107 Å². The predicted octanol–water partition coefficient (Wildman–Crippen LogP) is 10.3. The van der Waals surface area contributed by atoms with Crippen LogP contribution in [0.5, 0.6) is 0 Å². The van der Waals surface area contributed by atoms with E-state index in [0.717, 1.165) is 33.6 Å². The van der Waals surface area contributed by atoms with Gasteiger partial charge in [0.15, 0.2) is 11.6 Å². The number of methoxy groups -OCH3 is 2. The molecule has 4 aromatic heterocycles. The maximum Gasteiger partial charge on any atom is 0.417 e. The predicted molar refractivity (Wildman–Crippen MR) is 296 cm³/mol. The largest absolute Gasteiger partial charge is 0.417 e. The third-order valence-corrected chi connectivity index (χ3v) is 15.0. The summed E-state index contributed by atoms with van der Waals surface area (Å²) in [6, 6.07) is 13.6. The molecule has 2 aromatic carbocycles. The maximum absolute atomic E-state index is 13.6. The molecule has 20 nitrogen and oxygen atoms in total. The number of ketones is 1. The minimum Gasteiger partial charge on any atom is -0.369 e. The molecular weight excluding hydrogens is 1230 g/mol. The van der Waals surface area contributed by atoms with Crippen LogP contribution >= 0.6 is 39.1 Å². The van der Waals surface area contributed by atoms with Crippen molar-refractivity contribution in [2.24, 2.45) is 9.98 Å². The molecule has 436 valence electrons. The number of carbonyl (C=O) groups excluding carboxylic acids is 2. The summed E-state index contributed by atoms with van der Waals surface area (Å²) in [7, 11) is 3.62. The second-order valence-corrected chi connectivity index (χ2v) is 22.4. The lowest BCUT2D eigenvalue weighted by Crippen LogP contribution is -2.34. The number of rotatable bonds is 18. The van der Waals surface area contributed by atoms with Crippen LogP contribution in [0.15, 0.2) is 122 Å². The molecule has 0 radical (unpaired) electrons. The number of halogens is 9. The molecule has 0 saturated carbocycles. The molecule has 0 aliphatic rings. The van der Waals surface area contributed by atoms with Crippen LogP contribution in [0, 0.1) is 13.8 Å². The van der Waals surface area contributed by atoms with Gasteiger partial charge in [-0.25, -0.2) is 55.4 Å². The number of nitrogens with zero attached hydrogens (tertiary/aromatic N) is 11. The number of carbonyl (C=O) groups is 2. The van der Waals surface area contributed by atoms with E-state index in [9.17, 15) is 52.8 Å². The second kappa shape index (κ2) is 28.7. The summed E-state index contributed by atoms with van der Waals surface area (Å²) < 4.78 is 144. The number of anilines is 2. The van der Waals surface area contributed by atoms with Gasteiger partial charge in [0.2, 0.25) is 5.78 Å². The Labute approximate surface area is 481 Å². The van der Waals surface area contributed by atoms with E-state index in [4.69, 9.17) is 37.5 Å². The lowest BCUT2D eigenvalue weighted by molar-refractivity contribution is -0.138. The molecule has 0 aliphatic heterocycles. The van der Waals surface area contributed by atoms with Crippen LogP contribution in [0.1, 0.15) is 48.7 Å². The van der Waals surface area contributed by atoms with Gasteiger partial charge in [0, 0.05) is 85.4 Å². The molecule has 81 heavy (non-hydrogen) atoms. The van der Waals surface area contributed by atoms with Crippen molar-refractivity contribution in [3.63, 3.8) is 0 Å². The van der Waals surface area contributed by atoms with Crippen molar-refractivity contribution in [1.29, 1.82) is 0 Å². The fraction of sp³-hybridized carbons (Fsp3) is 0.280. The Morgan fingerprint density at radius 3 is 1.47 bits per heavy atom. The lowest BCUT2D eigenvalue weighted by Gasteiger charge is -2.26. The fourth-order valence-electron chi connectivity index (χ4n) is 6.42. The molecule has 0 aliphatic carbocycles. The Kier molecular flexibility index (Phi) is 23.6. The van der Waals surface area contributed by atoms with Gasteiger partial charge in [-0.05, 0) is 114 Å². The Balaban J connectivity index is 0.000000283. The standard InChI is InChI=1S/C24H23ClF3N5O4S.C15H13BrClF3N2O3S.C11H16N4O2/c1-15-9-20(22(30-12-15)23(34)16-7-8-29-21(10-16)31-13-32(2)3)33(14-37-4)38(35,36)17-5-6-19(25)18(11-17)24(26,27)28;1-9-5-13(14(16)21-7-9)22(8-25-2)26(23,24)10-3-4-12(17)11(6-10)15(18,19)20;1-14(2)8-13-10-7-9(5-6-12-10)11(16)15(3)17-4/h5-13H,14H2,1-4H3;3-7H,8H2,1-2H3;5-8H,1-4H3. The third kappa shape index (κ3) is 18.1. The highest BCUT2D eigenvalue weighted by molar-refractivity contribution is 9.10. The topological polar surface area (TPSA) is 223 Å². The van der Waals surface area contributed by atoms with Crippen LogP contribution in [0.25, 0.3) is 0 Å². The summed E-state index contributed by atoms with van der Waals surface area (Å²) in [4.78, 5) is 56.8. The number of aromatic nitrogens is 4. The number of pyridine rings is 4. The van der Waals surface area contributed by atoms with Crippen molar-refractivity contribution in [3.05, 3.63) is 151 Å². The van der Waals surface area contributed by atoms with E-state index in [-0.39, 0.29) is 39.0 Å². The summed E-state index contributed by atoms with van der Waals surface area (Å²) in [6.45, 7) is 2.28. The highest BCUT2D eigenvalue weighted by Crippen LogP contribution is 2.39. The van der Waals surface area contributed by atoms with Crippen molar-refractivity contribution in [1.82, 2.24) is 34.8 Å². The average Bonchev–Trinajstić information content (AvgIpc) is 3.40. The van der Waals surface area contributed by atoms with Crippen molar-refractivity contribution < 1.29 is 67.1 Å². The zero-order chi connectivity index (χ0) is 60.8. The maximum atomic E-state index is 13.6. The van der Waals surface area contributed by atoms with E-state index in [1.165, 1.54) is 70.5 Å². The van der Waals surface area contributed by atoms with Crippen LogP contribution in [0.3, 0.4) is 0 Å². The number of hydrogen-bond acceptors (Lipinski definition) is 15. The first-order valence-electron chi connectivity index (χ1n) is 22.8. The number of alkyl halides is 6. The summed E-state index contributed by atoms with van der Waals surface area (Å²) in [6.07, 6.45) is -0.801. The Hall–Kier alpha value is -6.86. The van der Waals surface area contributed by atoms with E-state index in [2.05, 4.69) is 45.9 Å². The van der Waals surface area contributed by atoms with Crippen LogP contribution in [0.2, 0.25) is 10.0 Å². The van der Waals surface area contributed by atoms with Crippen molar-refractivity contribution in [2.75, 3.05) is 78.6 Å². The first-order valence-corrected chi connectivity index (χ1v) is 27.3. The van der Waals surface area contributed by atoms with Gasteiger partial charge in [-0.2, -0.15) is 26.3 Å². The first-order chi connectivity index (χ1) is 37.8. The van der Waals surface area contributed by atoms with E-state index in [0.29, 0.717) is 38.9 Å². The van der Waals surface area contributed by atoms with Gasteiger partial charge in [-0.3, -0.25) is 19.4 Å². The normalized spacial score (nSPS) is 11.8. The fourth-order valence-corrected chi connectivity index (χ4v) is 10.2. The summed E-state index contributed by atoms with van der Waals surface area (Å²) in [5.74, 6) is -0.197. The molecule has 6 rings (SSSR count). The van der Waals surface area contributed by atoms with Gasteiger partial charge < -0.3 is 19.3 Å². The van der Waals surface area contributed by atoms with Crippen molar-refractivity contribution in [3.8, 4) is 0 Å². The van der Waals surface area contributed by atoms with Crippen LogP contribution in [-0.2, 0) is 46.7 Å². The van der Waals surface area contributed by atoms with Gasteiger partial charge in [0.05, 0.1) is 62.1 Å². The Morgan fingerprint density at radius 1 is 0.617 bits per heavy atom. The van der Waals surface area contributed by atoms with Crippen LogP contribution < -0.4 is 8.61 Å². The molecule has 0 N–H and O–H groups in total. The minimum atomic E-state index is -4.89. The Morgan fingerprint density at radius 2 is 1.04 bits per heavy atom. The van der Waals surface area contributed by atoms with Crippen molar-refractivity contribution in [2.45, 2.75) is 36.0 Å². The second-order valence-electron chi connectivity index (χ2n) is 17.1. The van der Waals surface area contributed by atoms with E-state index in [1.54, 1.807) is 69.5 Å². The number of benzene rings is 2. The van der Waals surface area contributed by atoms with Gasteiger partial charge in [-0.15, -0.1) is 0 Å². The van der Waals surface area contributed by atoms with Gasteiger partial charge in [0.1, 0.15) is 23.8 Å². The molecule has 0 bridgehead atoms. The average molecular weight is 1280 g/mol. The highest BCUT2D eigenvalue weighted by atomic mass is 79.9. The minimum absolute atomic E-state index is 0.115. The quantitative estimate of drug-likeness (QED) is 0.0148. The molecule has 6 aromatic rings. The molecule has 4 heterocycles. The molecule has 0 unspecified atom stereocenters. The van der Waals surface area contributed by atoms with Crippen LogP contribution in [-0.4, -0.2) is 146 Å². The van der Waals surface area contributed by atoms with Crippen LogP contribution in [0.4, 0.5) is 49.4 Å². The monoisotopic (exact) mass is 1280 g/mol. The highest BCUT2D eigenvalue weighted by Gasteiger charge is 2.38. The number of aliphatic imine (C=N–C) groups is 2. The Bertz CT molecular complexity index is 3490. The summed E-state index contributed by atoms with van der Waals surface area (Å²) in [5.41, 5.74) is -1.13. The molecular formula is C50H52BrCl2F6N11O9S2. The molecule has 0 fully saturated rings. The third-order valence-electron chi connectivity index (χ3n) is 10.3. The van der Waals surface area contributed by atoms with Gasteiger partial charge in [0.25, 0.3) is 26.0 Å². The number of amides is 1. The molecule has 1 amide bonds. The number of sulfonamides is 2. The first kappa shape index (κ1) is 66.7. The van der Waals surface area contributed by atoms with E-state index < -0.39 is 82.6 Å². The smallest absolute Gasteiger partial charge is 0.369 e. The summed E-state index contributed by atoms with van der Waals surface area (Å²) in [5, 5.41) is -0.101. The van der Waals surface area contributed by atoms with E-state index in [1.807, 2.05) is 14.1 Å². The zero-order valence-corrected chi connectivity index (χ0v) is 49.3. The molecule has 31 heteroatoms. The number of ether oxygens (including phenoxy) is 2. The number of hydrogen-bond donors (Lipinski definition) is 0. The SMILES string of the molecule is COCN(c1cc(C)cnc1Br)S(=O)(=O)c1ccc(Cl)c(C(F)(F)F)c1.COCN(c1cc(C)cnc1C(=O)c1ccnc(N=CN(C)C)c1)S(=O)(=O)c1ccc(Cl)c(C(F)(F)F)c1.CON(C)C(=O)c1ccnc(N=CN(C)C)c1. The van der Waals surface area contributed by atoms with Gasteiger partial charge >= 0.3 is 12.4 Å². The summed E-state index contributed by atoms with van der Waals surface area (Å²) >= 11 is 14.4. The molecule has 0 atom stereocenters.